The van der Waals surface area contributed by atoms with Gasteiger partial charge >= 0.3 is 0 Å². The van der Waals surface area contributed by atoms with Gasteiger partial charge in [-0.3, -0.25) is 4.98 Å². The van der Waals surface area contributed by atoms with Crippen molar-refractivity contribution < 1.29 is 4.74 Å². The number of methoxy groups -OCH3 is 1. The first-order chi connectivity index (χ1) is 9.97. The van der Waals surface area contributed by atoms with E-state index in [4.69, 9.17) is 4.74 Å². The maximum atomic E-state index is 5.82. The van der Waals surface area contributed by atoms with Gasteiger partial charge in [0.2, 0.25) is 0 Å². The third-order valence-corrected chi connectivity index (χ3v) is 3.82. The molecule has 0 aliphatic carbocycles. The van der Waals surface area contributed by atoms with Gasteiger partial charge in [-0.25, -0.2) is 0 Å². The molecule has 3 nitrogen and oxygen atoms in total. The van der Waals surface area contributed by atoms with E-state index in [1.807, 2.05) is 12.3 Å². The molecule has 1 N–H and O–H groups in total. The normalized spacial score (nSPS) is 15.1. The molecule has 21 heavy (non-hydrogen) atoms. The Balaban J connectivity index is 2.44. The number of ether oxygens (including phenoxy) is 1. The predicted molar refractivity (Wildman–Crippen MR) is 88.4 cm³/mol. The Bertz CT molecular complexity index is 589. The van der Waals surface area contributed by atoms with Gasteiger partial charge in [0, 0.05) is 18.7 Å². The van der Waals surface area contributed by atoms with E-state index in [-0.39, 0.29) is 17.6 Å². The van der Waals surface area contributed by atoms with Crippen molar-refractivity contribution in [1.82, 2.24) is 10.3 Å². The van der Waals surface area contributed by atoms with Crippen LogP contribution in [0.15, 0.2) is 36.5 Å². The third kappa shape index (κ3) is 3.60. The summed E-state index contributed by atoms with van der Waals surface area (Å²) in [7, 11) is 1.79. The molecule has 0 spiro atoms. The molecule has 1 aromatic carbocycles. The van der Waals surface area contributed by atoms with Crippen molar-refractivity contribution in [3.8, 4) is 0 Å². The van der Waals surface area contributed by atoms with E-state index in [1.165, 1.54) is 10.9 Å². The van der Waals surface area contributed by atoms with Crippen molar-refractivity contribution in [2.45, 2.75) is 39.8 Å². The van der Waals surface area contributed by atoms with Gasteiger partial charge < -0.3 is 10.1 Å². The van der Waals surface area contributed by atoms with Gasteiger partial charge in [-0.2, -0.15) is 0 Å². The average molecular weight is 286 g/mol. The number of likely N-dealkylation sites (N-methyl/N-ethyl adjacent to an activating group) is 1. The quantitative estimate of drug-likeness (QED) is 0.903. The van der Waals surface area contributed by atoms with Crippen molar-refractivity contribution in [2.75, 3.05) is 13.7 Å². The Morgan fingerprint density at radius 2 is 2.00 bits per heavy atom. The lowest BCUT2D eigenvalue weighted by Crippen LogP contribution is -2.41. The number of rotatable bonds is 5. The van der Waals surface area contributed by atoms with Crippen LogP contribution in [0.25, 0.3) is 10.9 Å². The van der Waals surface area contributed by atoms with E-state index in [1.54, 1.807) is 7.11 Å². The Morgan fingerprint density at radius 1 is 1.24 bits per heavy atom. The summed E-state index contributed by atoms with van der Waals surface area (Å²) in [4.78, 5) is 4.39. The summed E-state index contributed by atoms with van der Waals surface area (Å²) in [5, 5.41) is 4.74. The fourth-order valence-electron chi connectivity index (χ4n) is 2.90. The summed E-state index contributed by atoms with van der Waals surface area (Å²) in [5.74, 6) is 0. The maximum Gasteiger partial charge on any atom is 0.0814 e. The van der Waals surface area contributed by atoms with Gasteiger partial charge in [-0.15, -0.1) is 0 Å². The minimum absolute atomic E-state index is 0.0610. The van der Waals surface area contributed by atoms with Crippen LogP contribution in [-0.4, -0.2) is 24.7 Å². The third-order valence-electron chi connectivity index (χ3n) is 3.82. The summed E-state index contributed by atoms with van der Waals surface area (Å²) in [6.07, 6.45) is 1.93. The molecule has 3 heteroatoms. The first-order valence-electron chi connectivity index (χ1n) is 7.58. The van der Waals surface area contributed by atoms with Crippen molar-refractivity contribution >= 4 is 10.9 Å². The number of hydrogen-bond acceptors (Lipinski definition) is 3. The van der Waals surface area contributed by atoms with Gasteiger partial charge in [0.05, 0.1) is 17.7 Å². The van der Waals surface area contributed by atoms with E-state index >= 15 is 0 Å². The Hall–Kier alpha value is -1.45. The molecule has 2 rings (SSSR count). The van der Waals surface area contributed by atoms with Crippen molar-refractivity contribution in [2.24, 2.45) is 5.41 Å². The molecule has 0 amide bonds. The maximum absolute atomic E-state index is 5.82. The summed E-state index contributed by atoms with van der Waals surface area (Å²) in [6, 6.07) is 10.7. The second-order valence-corrected chi connectivity index (χ2v) is 6.51. The fourth-order valence-corrected chi connectivity index (χ4v) is 2.90. The highest BCUT2D eigenvalue weighted by atomic mass is 16.5. The van der Waals surface area contributed by atoms with E-state index in [0.717, 1.165) is 12.1 Å². The minimum atomic E-state index is 0.0610. The topological polar surface area (TPSA) is 34.2 Å². The summed E-state index contributed by atoms with van der Waals surface area (Å²) in [6.45, 7) is 9.69. The summed E-state index contributed by atoms with van der Waals surface area (Å²) in [5.41, 5.74) is 2.34. The molecule has 0 radical (unpaired) electrons. The van der Waals surface area contributed by atoms with Crippen LogP contribution in [0.1, 0.15) is 39.3 Å². The monoisotopic (exact) mass is 286 g/mol. The first kappa shape index (κ1) is 15.9. The Morgan fingerprint density at radius 3 is 2.62 bits per heavy atom. The second-order valence-electron chi connectivity index (χ2n) is 6.51. The number of pyridine rings is 1. The molecular weight excluding hydrogens is 260 g/mol. The minimum Gasteiger partial charge on any atom is -0.379 e. The molecule has 1 aromatic heterocycles. The van der Waals surface area contributed by atoms with Gasteiger partial charge in [-0.05, 0) is 35.7 Å². The summed E-state index contributed by atoms with van der Waals surface area (Å²) >= 11 is 0. The number of fused-ring (bicyclic) bond motifs is 1. The number of nitrogens with one attached hydrogen (secondary N) is 1. The molecule has 114 valence electrons. The first-order valence-corrected chi connectivity index (χ1v) is 7.58. The van der Waals surface area contributed by atoms with Gasteiger partial charge in [0.25, 0.3) is 0 Å². The number of nitrogens with zero attached hydrogens (tertiary/aromatic N) is 1. The molecular formula is C18H26N2O. The van der Waals surface area contributed by atoms with Crippen LogP contribution in [0, 0.1) is 5.41 Å². The van der Waals surface area contributed by atoms with Crippen LogP contribution < -0.4 is 5.32 Å². The highest BCUT2D eigenvalue weighted by molar-refractivity contribution is 5.79. The van der Waals surface area contributed by atoms with E-state index in [0.29, 0.717) is 0 Å². The highest BCUT2D eigenvalue weighted by Crippen LogP contribution is 2.33. The van der Waals surface area contributed by atoms with Crippen molar-refractivity contribution in [1.29, 1.82) is 0 Å². The Kier molecular flexibility index (Phi) is 4.96. The number of benzene rings is 1. The van der Waals surface area contributed by atoms with Crippen LogP contribution in [0.5, 0.6) is 0 Å². The average Bonchev–Trinajstić information content (AvgIpc) is 2.45. The van der Waals surface area contributed by atoms with Crippen molar-refractivity contribution in [3.05, 3.63) is 42.1 Å². The molecule has 0 fully saturated rings. The zero-order valence-corrected chi connectivity index (χ0v) is 13.7. The molecule has 2 unspecified atom stereocenters. The number of hydrogen-bond donors (Lipinski definition) is 1. The van der Waals surface area contributed by atoms with Crippen LogP contribution in [0.4, 0.5) is 0 Å². The second kappa shape index (κ2) is 6.54. The lowest BCUT2D eigenvalue weighted by molar-refractivity contribution is -0.0115. The molecule has 2 aromatic rings. The molecule has 1 heterocycles. The van der Waals surface area contributed by atoms with Crippen LogP contribution in [-0.2, 0) is 4.74 Å². The van der Waals surface area contributed by atoms with Crippen molar-refractivity contribution in [3.63, 3.8) is 0 Å². The molecule has 0 saturated heterocycles. The molecule has 0 aliphatic heterocycles. The zero-order valence-electron chi connectivity index (χ0n) is 13.7. The lowest BCUT2D eigenvalue weighted by atomic mass is 9.81. The van der Waals surface area contributed by atoms with Gasteiger partial charge in [-0.1, -0.05) is 39.8 Å². The molecule has 2 atom stereocenters. The summed E-state index contributed by atoms with van der Waals surface area (Å²) < 4.78 is 5.82. The fraction of sp³-hybridized carbons (Fsp3) is 0.500. The van der Waals surface area contributed by atoms with Crippen LogP contribution in [0.2, 0.25) is 0 Å². The van der Waals surface area contributed by atoms with Crippen LogP contribution >= 0.6 is 0 Å². The lowest BCUT2D eigenvalue weighted by Gasteiger charge is -2.36. The number of aromatic nitrogens is 1. The molecule has 0 saturated carbocycles. The van der Waals surface area contributed by atoms with Gasteiger partial charge in [0.15, 0.2) is 0 Å². The smallest absolute Gasteiger partial charge is 0.0814 e. The zero-order chi connectivity index (χ0) is 15.5. The predicted octanol–water partition coefficient (Wildman–Crippen LogP) is 3.95. The van der Waals surface area contributed by atoms with E-state index in [2.05, 4.69) is 62.3 Å². The van der Waals surface area contributed by atoms with E-state index < -0.39 is 0 Å². The van der Waals surface area contributed by atoms with Gasteiger partial charge in [0.1, 0.15) is 0 Å². The largest absolute Gasteiger partial charge is 0.379 e. The Labute approximate surface area is 127 Å². The molecule has 0 bridgehead atoms. The standard InChI is InChI=1S/C18H26N2O/c1-6-19-16(17(21-5)18(2,3)4)14-9-10-15-13(12-14)8-7-11-20-15/h7-12,16-17,19H,6H2,1-5H3. The highest BCUT2D eigenvalue weighted by Gasteiger charge is 2.33. The molecule has 0 aliphatic rings. The van der Waals surface area contributed by atoms with Crippen LogP contribution in [0.3, 0.4) is 0 Å². The SMILES string of the molecule is CCNC(c1ccc2ncccc2c1)C(OC)C(C)(C)C. The van der Waals surface area contributed by atoms with E-state index in [9.17, 15) is 0 Å².